The molecule has 0 aliphatic carbocycles. The van der Waals surface area contributed by atoms with Gasteiger partial charge in [-0.25, -0.2) is 0 Å². The third kappa shape index (κ3) is 4.57. The van der Waals surface area contributed by atoms with Gasteiger partial charge in [0.2, 0.25) is 0 Å². The third-order valence-electron chi connectivity index (χ3n) is 2.93. The summed E-state index contributed by atoms with van der Waals surface area (Å²) < 4.78 is 10.9. The smallest absolute Gasteiger partial charge is 0.128 e. The van der Waals surface area contributed by atoms with Gasteiger partial charge in [0.05, 0.1) is 19.8 Å². The topological polar surface area (TPSA) is 38.7 Å². The highest BCUT2D eigenvalue weighted by Crippen LogP contribution is 2.29. The molecule has 0 saturated carbocycles. The van der Waals surface area contributed by atoms with Gasteiger partial charge in [-0.2, -0.15) is 0 Å². The second kappa shape index (κ2) is 7.98. The van der Waals surface area contributed by atoms with Crippen LogP contribution < -0.4 is 9.47 Å². The van der Waals surface area contributed by atoms with Crippen molar-refractivity contribution in [2.75, 3.05) is 13.7 Å². The number of methoxy groups -OCH3 is 1. The molecular formula is C15H24O3. The van der Waals surface area contributed by atoms with Crippen LogP contribution in [0.3, 0.4) is 0 Å². The first kappa shape index (κ1) is 14.8. The lowest BCUT2D eigenvalue weighted by Gasteiger charge is -2.14. The predicted molar refractivity (Wildman–Crippen MR) is 73.3 cm³/mol. The van der Waals surface area contributed by atoms with Crippen molar-refractivity contribution < 1.29 is 14.6 Å². The van der Waals surface area contributed by atoms with Crippen molar-refractivity contribution in [2.24, 2.45) is 0 Å². The van der Waals surface area contributed by atoms with Gasteiger partial charge in [0.25, 0.3) is 0 Å². The highest BCUT2D eigenvalue weighted by atomic mass is 16.5. The molecule has 0 radical (unpaired) electrons. The van der Waals surface area contributed by atoms with E-state index in [2.05, 4.69) is 6.92 Å². The average molecular weight is 252 g/mol. The normalized spacial score (nSPS) is 12.2. The number of hydrogen-bond acceptors (Lipinski definition) is 3. The summed E-state index contributed by atoms with van der Waals surface area (Å²) in [7, 11) is 1.63. The molecule has 0 unspecified atom stereocenters. The lowest BCUT2D eigenvalue weighted by atomic mass is 10.1. The van der Waals surface area contributed by atoms with Crippen LogP contribution in [0.4, 0.5) is 0 Å². The molecule has 0 aliphatic heterocycles. The first-order valence-electron chi connectivity index (χ1n) is 6.67. The summed E-state index contributed by atoms with van der Waals surface area (Å²) in [6.45, 7) is 4.62. The summed E-state index contributed by atoms with van der Waals surface area (Å²) in [6.07, 6.45) is 4.17. The van der Waals surface area contributed by atoms with E-state index < -0.39 is 6.10 Å². The van der Waals surface area contributed by atoms with E-state index >= 15 is 0 Å². The van der Waals surface area contributed by atoms with Gasteiger partial charge < -0.3 is 14.6 Å². The van der Waals surface area contributed by atoms with Gasteiger partial charge in [-0.05, 0) is 25.5 Å². The number of hydrogen-bond donors (Lipinski definition) is 1. The molecule has 102 valence electrons. The maximum absolute atomic E-state index is 9.69. The number of ether oxygens (including phenoxy) is 2. The second-order valence-corrected chi connectivity index (χ2v) is 4.49. The largest absolute Gasteiger partial charge is 0.497 e. The molecule has 0 amide bonds. The number of aliphatic hydroxyl groups excluding tert-OH is 1. The van der Waals surface area contributed by atoms with Gasteiger partial charge in [-0.1, -0.05) is 26.2 Å². The van der Waals surface area contributed by atoms with Gasteiger partial charge >= 0.3 is 0 Å². The Labute approximate surface area is 110 Å². The Morgan fingerprint density at radius 3 is 2.61 bits per heavy atom. The minimum atomic E-state index is -0.526. The molecular weight excluding hydrogens is 228 g/mol. The minimum Gasteiger partial charge on any atom is -0.497 e. The zero-order chi connectivity index (χ0) is 13.4. The summed E-state index contributed by atoms with van der Waals surface area (Å²) in [5.41, 5.74) is 0.811. The van der Waals surface area contributed by atoms with E-state index in [1.807, 2.05) is 18.2 Å². The molecule has 1 aromatic rings. The van der Waals surface area contributed by atoms with Crippen LogP contribution in [0.2, 0.25) is 0 Å². The van der Waals surface area contributed by atoms with E-state index in [0.717, 1.165) is 23.5 Å². The van der Waals surface area contributed by atoms with Crippen LogP contribution in [0.25, 0.3) is 0 Å². The number of unbranched alkanes of at least 4 members (excludes halogenated alkanes) is 3. The monoisotopic (exact) mass is 252 g/mol. The predicted octanol–water partition coefficient (Wildman–Crippen LogP) is 3.71. The first-order chi connectivity index (χ1) is 8.69. The number of benzene rings is 1. The van der Waals surface area contributed by atoms with Crippen molar-refractivity contribution >= 4 is 0 Å². The van der Waals surface area contributed by atoms with Crippen molar-refractivity contribution in [3.63, 3.8) is 0 Å². The second-order valence-electron chi connectivity index (χ2n) is 4.49. The highest BCUT2D eigenvalue weighted by Gasteiger charge is 2.10. The summed E-state index contributed by atoms with van der Waals surface area (Å²) in [4.78, 5) is 0. The van der Waals surface area contributed by atoms with Crippen LogP contribution >= 0.6 is 0 Å². The van der Waals surface area contributed by atoms with Crippen molar-refractivity contribution in [3.8, 4) is 11.5 Å². The molecule has 0 heterocycles. The molecule has 1 N–H and O–H groups in total. The maximum Gasteiger partial charge on any atom is 0.128 e. The van der Waals surface area contributed by atoms with Gasteiger partial charge in [-0.3, -0.25) is 0 Å². The zero-order valence-corrected chi connectivity index (χ0v) is 11.6. The highest BCUT2D eigenvalue weighted by molar-refractivity contribution is 5.41. The Morgan fingerprint density at radius 1 is 1.22 bits per heavy atom. The molecule has 1 rings (SSSR count). The molecule has 0 fully saturated rings. The summed E-state index contributed by atoms with van der Waals surface area (Å²) in [5.74, 6) is 1.48. The zero-order valence-electron chi connectivity index (χ0n) is 11.6. The summed E-state index contributed by atoms with van der Waals surface area (Å²) in [5, 5.41) is 9.69. The lowest BCUT2D eigenvalue weighted by molar-refractivity contribution is 0.190. The van der Waals surface area contributed by atoms with E-state index in [1.54, 1.807) is 14.0 Å². The van der Waals surface area contributed by atoms with Crippen LogP contribution in [0.1, 0.15) is 51.2 Å². The Morgan fingerprint density at radius 2 is 2.00 bits per heavy atom. The van der Waals surface area contributed by atoms with Crippen molar-refractivity contribution in [2.45, 2.75) is 45.6 Å². The molecule has 1 atom stereocenters. The van der Waals surface area contributed by atoms with Crippen LogP contribution in [0, 0.1) is 0 Å². The van der Waals surface area contributed by atoms with Crippen molar-refractivity contribution in [3.05, 3.63) is 23.8 Å². The van der Waals surface area contributed by atoms with E-state index in [-0.39, 0.29) is 0 Å². The standard InChI is InChI=1S/C15H24O3/c1-4-5-6-7-10-18-15-11-13(17-3)8-9-14(15)12(2)16/h8-9,11-12,16H,4-7,10H2,1-3H3/t12-/m0/s1. The summed E-state index contributed by atoms with van der Waals surface area (Å²) >= 11 is 0. The maximum atomic E-state index is 9.69. The van der Waals surface area contributed by atoms with Gasteiger partial charge in [0, 0.05) is 11.6 Å². The molecule has 0 aromatic heterocycles. The van der Waals surface area contributed by atoms with Crippen LogP contribution in [-0.2, 0) is 0 Å². The van der Waals surface area contributed by atoms with Crippen molar-refractivity contribution in [1.82, 2.24) is 0 Å². The number of aliphatic hydroxyl groups is 1. The molecule has 0 bridgehead atoms. The SMILES string of the molecule is CCCCCCOc1cc(OC)ccc1[C@H](C)O. The van der Waals surface area contributed by atoms with Gasteiger partial charge in [0.15, 0.2) is 0 Å². The van der Waals surface area contributed by atoms with Crippen molar-refractivity contribution in [1.29, 1.82) is 0 Å². The third-order valence-corrected chi connectivity index (χ3v) is 2.93. The Balaban J connectivity index is 2.60. The molecule has 3 heteroatoms. The molecule has 0 spiro atoms. The molecule has 1 aromatic carbocycles. The molecule has 0 aliphatic rings. The minimum absolute atomic E-state index is 0.526. The Kier molecular flexibility index (Phi) is 6.58. The van der Waals surface area contributed by atoms with E-state index in [4.69, 9.17) is 9.47 Å². The van der Waals surface area contributed by atoms with Crippen LogP contribution in [0.5, 0.6) is 11.5 Å². The first-order valence-corrected chi connectivity index (χ1v) is 6.67. The van der Waals surface area contributed by atoms with E-state index in [0.29, 0.717) is 6.61 Å². The van der Waals surface area contributed by atoms with Crippen LogP contribution in [-0.4, -0.2) is 18.8 Å². The fourth-order valence-corrected chi connectivity index (χ4v) is 1.82. The summed E-state index contributed by atoms with van der Waals surface area (Å²) in [6, 6.07) is 5.53. The van der Waals surface area contributed by atoms with E-state index in [9.17, 15) is 5.11 Å². The average Bonchev–Trinajstić information content (AvgIpc) is 2.38. The Bertz CT molecular complexity index is 348. The molecule has 0 saturated heterocycles. The quantitative estimate of drug-likeness (QED) is 0.717. The molecule has 18 heavy (non-hydrogen) atoms. The van der Waals surface area contributed by atoms with Gasteiger partial charge in [-0.15, -0.1) is 0 Å². The molecule has 3 nitrogen and oxygen atoms in total. The number of rotatable bonds is 8. The van der Waals surface area contributed by atoms with Gasteiger partial charge in [0.1, 0.15) is 11.5 Å². The Hall–Kier alpha value is -1.22. The van der Waals surface area contributed by atoms with E-state index in [1.165, 1.54) is 19.3 Å². The van der Waals surface area contributed by atoms with Crippen LogP contribution in [0.15, 0.2) is 18.2 Å². The fourth-order valence-electron chi connectivity index (χ4n) is 1.82. The lowest BCUT2D eigenvalue weighted by Crippen LogP contribution is -2.02. The fraction of sp³-hybridized carbons (Fsp3) is 0.600.